The number of aromatic amines is 1. The van der Waals surface area contributed by atoms with Gasteiger partial charge in [0.2, 0.25) is 0 Å². The summed E-state index contributed by atoms with van der Waals surface area (Å²) in [6.07, 6.45) is 0.983. The number of pyridine rings is 1. The first-order valence-corrected chi connectivity index (χ1v) is 9.42. The summed E-state index contributed by atoms with van der Waals surface area (Å²) in [5, 5.41) is 14.3. The molecule has 0 spiro atoms. The summed E-state index contributed by atoms with van der Waals surface area (Å²) in [7, 11) is 4.13. The SMILES string of the molecule is CN(C)CCc1ccc(-c2c(O)ccc3[nH]c(=O)c4sccc4c23)cc1. The van der Waals surface area contributed by atoms with Crippen molar-refractivity contribution in [2.75, 3.05) is 20.6 Å². The highest BCUT2D eigenvalue weighted by Gasteiger charge is 2.15. The van der Waals surface area contributed by atoms with Gasteiger partial charge in [0.1, 0.15) is 10.4 Å². The van der Waals surface area contributed by atoms with Crippen LogP contribution in [0, 0.1) is 0 Å². The Bertz CT molecular complexity index is 1140. The molecule has 4 nitrogen and oxygen atoms in total. The van der Waals surface area contributed by atoms with E-state index in [1.54, 1.807) is 12.1 Å². The van der Waals surface area contributed by atoms with Gasteiger partial charge in [-0.25, -0.2) is 0 Å². The predicted molar refractivity (Wildman–Crippen MR) is 109 cm³/mol. The average molecular weight is 364 g/mol. The lowest BCUT2D eigenvalue weighted by molar-refractivity contribution is 0.413. The van der Waals surface area contributed by atoms with Crippen molar-refractivity contribution in [3.8, 4) is 16.9 Å². The van der Waals surface area contributed by atoms with E-state index in [0.29, 0.717) is 4.70 Å². The number of hydrogen-bond donors (Lipinski definition) is 2. The topological polar surface area (TPSA) is 56.3 Å². The van der Waals surface area contributed by atoms with Crippen molar-refractivity contribution >= 4 is 32.3 Å². The van der Waals surface area contributed by atoms with E-state index >= 15 is 0 Å². The van der Waals surface area contributed by atoms with Gasteiger partial charge in [-0.3, -0.25) is 4.79 Å². The van der Waals surface area contributed by atoms with Gasteiger partial charge in [0.25, 0.3) is 5.56 Å². The number of aromatic nitrogens is 1. The standard InChI is InChI=1S/C21H20N2O2S/c1-23(2)11-9-13-3-5-14(6-4-13)18-17(24)8-7-16-19(18)15-10-12-26-20(15)21(25)22-16/h3-8,10,12,24H,9,11H2,1-2H3,(H,22,25). The second-order valence-corrected chi connectivity index (χ2v) is 7.67. The molecule has 2 N–H and O–H groups in total. The van der Waals surface area contributed by atoms with Gasteiger partial charge < -0.3 is 15.0 Å². The van der Waals surface area contributed by atoms with Crippen molar-refractivity contribution in [3.63, 3.8) is 0 Å². The molecule has 26 heavy (non-hydrogen) atoms. The fourth-order valence-electron chi connectivity index (χ4n) is 3.32. The number of fused-ring (bicyclic) bond motifs is 3. The molecule has 0 fully saturated rings. The van der Waals surface area contributed by atoms with Crippen LogP contribution in [0.4, 0.5) is 0 Å². The zero-order valence-electron chi connectivity index (χ0n) is 14.7. The molecule has 0 saturated heterocycles. The Morgan fingerprint density at radius 1 is 1.08 bits per heavy atom. The van der Waals surface area contributed by atoms with Crippen LogP contribution >= 0.6 is 11.3 Å². The molecule has 4 rings (SSSR count). The maximum absolute atomic E-state index is 12.2. The molecule has 0 unspecified atom stereocenters. The first kappa shape index (κ1) is 16.8. The molecule has 0 atom stereocenters. The Morgan fingerprint density at radius 3 is 2.58 bits per heavy atom. The second kappa shape index (κ2) is 6.59. The Balaban J connectivity index is 1.89. The van der Waals surface area contributed by atoms with Crippen LogP contribution in [0.5, 0.6) is 5.75 Å². The van der Waals surface area contributed by atoms with Gasteiger partial charge in [0.15, 0.2) is 0 Å². The summed E-state index contributed by atoms with van der Waals surface area (Å²) >= 11 is 1.42. The smallest absolute Gasteiger partial charge is 0.266 e. The summed E-state index contributed by atoms with van der Waals surface area (Å²) in [6, 6.07) is 13.7. The third kappa shape index (κ3) is 2.89. The molecule has 2 aromatic heterocycles. The van der Waals surface area contributed by atoms with Crippen LogP contribution in [-0.4, -0.2) is 35.6 Å². The molecule has 0 aliphatic heterocycles. The lowest BCUT2D eigenvalue weighted by atomic mass is 9.96. The Labute approximate surface area is 155 Å². The quantitative estimate of drug-likeness (QED) is 0.570. The number of H-pyrrole nitrogens is 1. The lowest BCUT2D eigenvalue weighted by Gasteiger charge is -2.12. The van der Waals surface area contributed by atoms with Crippen LogP contribution in [0.15, 0.2) is 52.6 Å². The van der Waals surface area contributed by atoms with Gasteiger partial charge in [-0.2, -0.15) is 0 Å². The van der Waals surface area contributed by atoms with E-state index in [1.807, 2.05) is 23.6 Å². The van der Waals surface area contributed by atoms with E-state index in [2.05, 4.69) is 36.1 Å². The lowest BCUT2D eigenvalue weighted by Crippen LogP contribution is -2.14. The van der Waals surface area contributed by atoms with Crippen LogP contribution in [0.2, 0.25) is 0 Å². The van der Waals surface area contributed by atoms with Crippen molar-refractivity contribution in [1.29, 1.82) is 0 Å². The normalized spacial score (nSPS) is 11.7. The van der Waals surface area contributed by atoms with Gasteiger partial charge >= 0.3 is 0 Å². The number of nitrogens with zero attached hydrogens (tertiary/aromatic N) is 1. The van der Waals surface area contributed by atoms with Gasteiger partial charge in [-0.1, -0.05) is 24.3 Å². The van der Waals surface area contributed by atoms with Crippen molar-refractivity contribution in [3.05, 3.63) is 63.8 Å². The molecule has 4 aromatic rings. The highest BCUT2D eigenvalue weighted by molar-refractivity contribution is 7.17. The molecular weight excluding hydrogens is 344 g/mol. The average Bonchev–Trinajstić information content (AvgIpc) is 3.12. The van der Waals surface area contributed by atoms with E-state index < -0.39 is 0 Å². The largest absolute Gasteiger partial charge is 0.507 e. The van der Waals surface area contributed by atoms with E-state index in [1.165, 1.54) is 16.9 Å². The van der Waals surface area contributed by atoms with Crippen LogP contribution in [-0.2, 0) is 6.42 Å². The molecule has 132 valence electrons. The fraction of sp³-hybridized carbons (Fsp3) is 0.190. The van der Waals surface area contributed by atoms with E-state index in [9.17, 15) is 9.90 Å². The third-order valence-corrected chi connectivity index (χ3v) is 5.58. The van der Waals surface area contributed by atoms with Crippen molar-refractivity contribution < 1.29 is 5.11 Å². The molecule has 0 radical (unpaired) electrons. The first-order valence-electron chi connectivity index (χ1n) is 8.54. The summed E-state index contributed by atoms with van der Waals surface area (Å²) in [5.74, 6) is 0.220. The van der Waals surface area contributed by atoms with Crippen molar-refractivity contribution in [2.45, 2.75) is 6.42 Å². The minimum absolute atomic E-state index is 0.0850. The molecule has 5 heteroatoms. The Kier molecular flexibility index (Phi) is 4.26. The number of thiophene rings is 1. The zero-order valence-corrected chi connectivity index (χ0v) is 15.6. The molecule has 0 bridgehead atoms. The number of phenolic OH excluding ortho intramolecular Hbond substituents is 1. The first-order chi connectivity index (χ1) is 12.5. The number of likely N-dealkylation sites (N-methyl/N-ethyl adjacent to an activating group) is 1. The zero-order chi connectivity index (χ0) is 18.3. The maximum Gasteiger partial charge on any atom is 0.266 e. The highest BCUT2D eigenvalue weighted by atomic mass is 32.1. The van der Waals surface area contributed by atoms with Crippen LogP contribution in [0.25, 0.3) is 32.1 Å². The number of nitrogens with one attached hydrogen (secondary N) is 1. The van der Waals surface area contributed by atoms with E-state index in [-0.39, 0.29) is 11.3 Å². The number of aromatic hydroxyl groups is 1. The second-order valence-electron chi connectivity index (χ2n) is 6.75. The van der Waals surface area contributed by atoms with Gasteiger partial charge in [-0.15, -0.1) is 11.3 Å². The van der Waals surface area contributed by atoms with Crippen LogP contribution < -0.4 is 5.56 Å². The Hall–Kier alpha value is -2.63. The van der Waals surface area contributed by atoms with E-state index in [4.69, 9.17) is 0 Å². The van der Waals surface area contributed by atoms with Crippen LogP contribution in [0.1, 0.15) is 5.56 Å². The minimum Gasteiger partial charge on any atom is -0.507 e. The number of benzene rings is 2. The third-order valence-electron chi connectivity index (χ3n) is 4.66. The van der Waals surface area contributed by atoms with E-state index in [0.717, 1.165) is 40.4 Å². The number of phenols is 1. The molecule has 0 aliphatic carbocycles. The molecule has 0 aliphatic rings. The summed E-state index contributed by atoms with van der Waals surface area (Å²) < 4.78 is 0.687. The summed E-state index contributed by atoms with van der Waals surface area (Å²) in [6.45, 7) is 0.996. The maximum atomic E-state index is 12.2. The van der Waals surface area contributed by atoms with Gasteiger partial charge in [-0.05, 0) is 55.2 Å². The van der Waals surface area contributed by atoms with Gasteiger partial charge in [0, 0.05) is 28.4 Å². The minimum atomic E-state index is -0.0850. The van der Waals surface area contributed by atoms with Crippen molar-refractivity contribution in [2.24, 2.45) is 0 Å². The van der Waals surface area contributed by atoms with Crippen molar-refractivity contribution in [1.82, 2.24) is 9.88 Å². The summed E-state index contributed by atoms with van der Waals surface area (Å²) in [5.41, 5.74) is 3.63. The van der Waals surface area contributed by atoms with Crippen LogP contribution in [0.3, 0.4) is 0 Å². The molecule has 2 heterocycles. The fourth-order valence-corrected chi connectivity index (χ4v) is 4.11. The highest BCUT2D eigenvalue weighted by Crippen LogP contribution is 2.39. The molecule has 0 amide bonds. The van der Waals surface area contributed by atoms with Gasteiger partial charge in [0.05, 0.1) is 0 Å². The monoisotopic (exact) mass is 364 g/mol. The number of hydrogen-bond acceptors (Lipinski definition) is 4. The number of rotatable bonds is 4. The molecule has 0 saturated carbocycles. The Morgan fingerprint density at radius 2 is 1.85 bits per heavy atom. The predicted octanol–water partition coefficient (Wildman–Crippen LogP) is 4.22. The molecule has 2 aromatic carbocycles. The summed E-state index contributed by atoms with van der Waals surface area (Å²) in [4.78, 5) is 17.3. The molecular formula is C21H20N2O2S.